The third kappa shape index (κ3) is 6.69. The molecule has 10 heteroatoms. The number of amides is 1. The molecule has 4 aromatic rings. The third-order valence-electron chi connectivity index (χ3n) is 8.85. The second-order valence-corrected chi connectivity index (χ2v) is 11.8. The van der Waals surface area contributed by atoms with Crippen LogP contribution in [-0.4, -0.2) is 57.2 Å². The van der Waals surface area contributed by atoms with Crippen LogP contribution in [0.4, 0.5) is 10.1 Å². The molecule has 0 radical (unpaired) electrons. The molecule has 1 N–H and O–H groups in total. The number of hydrogen-bond acceptors (Lipinski definition) is 5. The summed E-state index contributed by atoms with van der Waals surface area (Å²) in [6.45, 7) is 6.52. The maximum absolute atomic E-state index is 15.3. The fraction of sp³-hybridized carbons (Fsp3) is 0.389. The molecule has 3 heterocycles. The van der Waals surface area contributed by atoms with Crippen molar-refractivity contribution in [2.24, 2.45) is 0 Å². The largest absolute Gasteiger partial charge is 0.477 e. The van der Waals surface area contributed by atoms with Crippen molar-refractivity contribution in [1.82, 2.24) is 14.0 Å². The number of pyridine rings is 1. The van der Waals surface area contributed by atoms with E-state index in [0.29, 0.717) is 25.2 Å². The number of aromatic nitrogens is 2. The topological polar surface area (TPSA) is 112 Å². The zero-order chi connectivity index (χ0) is 32.8. The van der Waals surface area contributed by atoms with E-state index in [1.807, 2.05) is 31.3 Å². The second kappa shape index (κ2) is 14.5. The number of aromatic carboxylic acids is 1. The molecule has 1 aliphatic rings. The minimum atomic E-state index is -1.36. The van der Waals surface area contributed by atoms with Crippen molar-refractivity contribution in [2.45, 2.75) is 65.5 Å². The molecule has 0 atom stereocenters. The molecule has 0 spiro atoms. The number of carboxylic acids is 1. The van der Waals surface area contributed by atoms with Gasteiger partial charge in [0.2, 0.25) is 5.43 Å². The molecule has 0 aliphatic carbocycles. The Morgan fingerprint density at radius 1 is 0.935 bits per heavy atom. The Hall–Kier alpha value is -4.91. The number of halogens is 1. The standard InChI is InChI=1S/C36H40FN5O4/c1-3-5-6-7-8-11-14-42-23-26(27-12-9-10-13-31(27)42)19-25(22-38)35(44)41-17-15-40(16-18-41)33-21-32-28(20-30(33)37)34(43)29(36(45)46)24-39(32)4-2/h9-10,12-13,19-21,23-24H,3-8,11,14-18H2,1-2H3,(H,45,46)/b25-19+. The molecular formula is C36H40FN5O4. The van der Waals surface area contributed by atoms with Gasteiger partial charge in [0.1, 0.15) is 23.0 Å². The van der Waals surface area contributed by atoms with E-state index >= 15 is 4.39 Å². The highest BCUT2D eigenvalue weighted by molar-refractivity contribution is 6.04. The van der Waals surface area contributed by atoms with Gasteiger partial charge in [-0.25, -0.2) is 9.18 Å². The lowest BCUT2D eigenvalue weighted by Gasteiger charge is -2.36. The number of aryl methyl sites for hydroxylation is 2. The number of nitrogens with zero attached hydrogens (tertiary/aromatic N) is 5. The van der Waals surface area contributed by atoms with E-state index < -0.39 is 22.8 Å². The highest BCUT2D eigenvalue weighted by Gasteiger charge is 2.26. The molecule has 1 amide bonds. The van der Waals surface area contributed by atoms with Gasteiger partial charge in [-0.1, -0.05) is 57.2 Å². The highest BCUT2D eigenvalue weighted by Crippen LogP contribution is 2.28. The number of hydrogen-bond donors (Lipinski definition) is 1. The number of carbonyl (C=O) groups excluding carboxylic acids is 1. The zero-order valence-corrected chi connectivity index (χ0v) is 26.5. The molecule has 2 aromatic heterocycles. The summed E-state index contributed by atoms with van der Waals surface area (Å²) in [5.74, 6) is -2.36. The van der Waals surface area contributed by atoms with Gasteiger partial charge in [-0.15, -0.1) is 0 Å². The average Bonchev–Trinajstić information content (AvgIpc) is 3.42. The van der Waals surface area contributed by atoms with E-state index in [-0.39, 0.29) is 35.6 Å². The molecule has 9 nitrogen and oxygen atoms in total. The summed E-state index contributed by atoms with van der Waals surface area (Å²) in [4.78, 5) is 41.2. The van der Waals surface area contributed by atoms with Crippen LogP contribution >= 0.6 is 0 Å². The van der Waals surface area contributed by atoms with Crippen molar-refractivity contribution in [3.05, 3.63) is 81.5 Å². The first-order valence-corrected chi connectivity index (χ1v) is 16.1. The minimum Gasteiger partial charge on any atom is -0.477 e. The second-order valence-electron chi connectivity index (χ2n) is 11.8. The Morgan fingerprint density at radius 2 is 1.65 bits per heavy atom. The Morgan fingerprint density at radius 3 is 2.35 bits per heavy atom. The normalized spacial score (nSPS) is 13.8. The monoisotopic (exact) mass is 625 g/mol. The number of carbonyl (C=O) groups is 2. The summed E-state index contributed by atoms with van der Waals surface area (Å²) < 4.78 is 19.2. The molecule has 0 saturated carbocycles. The van der Waals surface area contributed by atoms with Gasteiger partial charge in [-0.05, 0) is 37.6 Å². The summed E-state index contributed by atoms with van der Waals surface area (Å²) in [6.07, 6.45) is 12.2. The predicted molar refractivity (Wildman–Crippen MR) is 178 cm³/mol. The van der Waals surface area contributed by atoms with E-state index in [1.165, 1.54) is 38.3 Å². The number of fused-ring (bicyclic) bond motifs is 2. The SMILES string of the molecule is CCCCCCCCn1cc(/C=C(\C#N)C(=O)N2CCN(c3cc4c(cc3F)c(=O)c(C(=O)O)cn4CC)CC2)c2ccccc21. The Kier molecular flexibility index (Phi) is 10.2. The van der Waals surface area contributed by atoms with Gasteiger partial charge in [0.05, 0.1) is 11.2 Å². The van der Waals surface area contributed by atoms with E-state index in [9.17, 15) is 24.8 Å². The highest BCUT2D eigenvalue weighted by atomic mass is 19.1. The maximum atomic E-state index is 15.3. The van der Waals surface area contributed by atoms with Crippen LogP contribution in [0, 0.1) is 17.1 Å². The molecule has 1 aliphatic heterocycles. The van der Waals surface area contributed by atoms with Crippen molar-refractivity contribution in [3.63, 3.8) is 0 Å². The molecule has 240 valence electrons. The number of unbranched alkanes of at least 4 members (excludes halogenated alkanes) is 5. The number of para-hydroxylation sites is 1. The molecule has 1 fully saturated rings. The minimum absolute atomic E-state index is 0.00828. The van der Waals surface area contributed by atoms with Crippen LogP contribution in [0.15, 0.2) is 59.2 Å². The Labute approximate surface area is 267 Å². The number of rotatable bonds is 12. The van der Waals surface area contributed by atoms with Gasteiger partial charge in [0.25, 0.3) is 5.91 Å². The van der Waals surface area contributed by atoms with Gasteiger partial charge < -0.3 is 24.0 Å². The quantitative estimate of drug-likeness (QED) is 0.110. The van der Waals surface area contributed by atoms with E-state index in [0.717, 1.165) is 35.5 Å². The molecule has 0 unspecified atom stereocenters. The summed E-state index contributed by atoms with van der Waals surface area (Å²) in [5.41, 5.74) is 1.54. The van der Waals surface area contributed by atoms with Crippen LogP contribution in [0.25, 0.3) is 27.9 Å². The molecule has 5 rings (SSSR count). The lowest BCUT2D eigenvalue weighted by atomic mass is 10.1. The molecule has 1 saturated heterocycles. The molecule has 0 bridgehead atoms. The van der Waals surface area contributed by atoms with Crippen molar-refractivity contribution in [3.8, 4) is 6.07 Å². The summed E-state index contributed by atoms with van der Waals surface area (Å²) >= 11 is 0. The fourth-order valence-corrected chi connectivity index (χ4v) is 6.31. The fourth-order valence-electron chi connectivity index (χ4n) is 6.31. The van der Waals surface area contributed by atoms with E-state index in [4.69, 9.17) is 0 Å². The number of nitriles is 1. The predicted octanol–water partition coefficient (Wildman–Crippen LogP) is 6.43. The van der Waals surface area contributed by atoms with Gasteiger partial charge in [-0.2, -0.15) is 5.26 Å². The summed E-state index contributed by atoms with van der Waals surface area (Å²) in [7, 11) is 0. The van der Waals surface area contributed by atoms with Crippen LogP contribution < -0.4 is 10.3 Å². The number of carboxylic acid groups (broad SMARTS) is 1. The van der Waals surface area contributed by atoms with Crippen LogP contribution in [0.2, 0.25) is 0 Å². The lowest BCUT2D eigenvalue weighted by Crippen LogP contribution is -2.49. The zero-order valence-electron chi connectivity index (χ0n) is 26.5. The number of benzene rings is 2. The average molecular weight is 626 g/mol. The van der Waals surface area contributed by atoms with Crippen molar-refractivity contribution in [2.75, 3.05) is 31.1 Å². The smallest absolute Gasteiger partial charge is 0.341 e. The maximum Gasteiger partial charge on any atom is 0.341 e. The number of piperazine rings is 1. The summed E-state index contributed by atoms with van der Waals surface area (Å²) in [6, 6.07) is 12.8. The van der Waals surface area contributed by atoms with Crippen molar-refractivity contribution in [1.29, 1.82) is 5.26 Å². The number of anilines is 1. The Bertz CT molecular complexity index is 1890. The van der Waals surface area contributed by atoms with Crippen molar-refractivity contribution < 1.29 is 19.1 Å². The van der Waals surface area contributed by atoms with Gasteiger partial charge in [0.15, 0.2) is 0 Å². The first-order valence-electron chi connectivity index (χ1n) is 16.1. The summed E-state index contributed by atoms with van der Waals surface area (Å²) in [5, 5.41) is 20.4. The Balaban J connectivity index is 1.31. The first-order chi connectivity index (χ1) is 22.3. The van der Waals surface area contributed by atoms with E-state index in [1.54, 1.807) is 26.5 Å². The molecular weight excluding hydrogens is 585 g/mol. The van der Waals surface area contributed by atoms with Crippen LogP contribution in [0.3, 0.4) is 0 Å². The van der Waals surface area contributed by atoms with Gasteiger partial charge >= 0.3 is 5.97 Å². The van der Waals surface area contributed by atoms with E-state index in [2.05, 4.69) is 23.6 Å². The van der Waals surface area contributed by atoms with Crippen LogP contribution in [0.5, 0.6) is 0 Å². The first kappa shape index (κ1) is 32.5. The van der Waals surface area contributed by atoms with Gasteiger partial charge in [0, 0.05) is 73.5 Å². The van der Waals surface area contributed by atoms with Crippen LogP contribution in [0.1, 0.15) is 68.3 Å². The van der Waals surface area contributed by atoms with Crippen molar-refractivity contribution >= 4 is 45.4 Å². The molecule has 2 aromatic carbocycles. The third-order valence-corrected chi connectivity index (χ3v) is 8.85. The van der Waals surface area contributed by atoms with Crippen LogP contribution in [-0.2, 0) is 17.9 Å². The van der Waals surface area contributed by atoms with Gasteiger partial charge in [-0.3, -0.25) is 9.59 Å². The lowest BCUT2D eigenvalue weighted by molar-refractivity contribution is -0.126. The molecule has 46 heavy (non-hydrogen) atoms.